The molecule has 0 unspecified atom stereocenters. The van der Waals surface area contributed by atoms with Crippen LogP contribution in [0.2, 0.25) is 0 Å². The Labute approximate surface area is 139 Å². The third kappa shape index (κ3) is 3.57. The number of benzene rings is 1. The maximum Gasteiger partial charge on any atom is 0.260 e. The Kier molecular flexibility index (Phi) is 4.51. The summed E-state index contributed by atoms with van der Waals surface area (Å²) in [6, 6.07) is 10.7. The number of hydrogen-bond acceptors (Lipinski definition) is 5. The number of amides is 1. The second kappa shape index (κ2) is 6.91. The predicted molar refractivity (Wildman–Crippen MR) is 86.6 cm³/mol. The van der Waals surface area contributed by atoms with Crippen molar-refractivity contribution in [2.45, 2.75) is 6.54 Å². The van der Waals surface area contributed by atoms with Gasteiger partial charge in [0.1, 0.15) is 18.1 Å². The summed E-state index contributed by atoms with van der Waals surface area (Å²) >= 11 is 0. The van der Waals surface area contributed by atoms with Gasteiger partial charge in [-0.1, -0.05) is 0 Å². The molecule has 3 rings (SSSR count). The first kappa shape index (κ1) is 15.7. The zero-order chi connectivity index (χ0) is 16.9. The van der Waals surface area contributed by atoms with Gasteiger partial charge in [-0.05, 0) is 24.3 Å². The Balaban J connectivity index is 1.67. The monoisotopic (exact) mass is 325 g/mol. The topological polar surface area (TPSA) is 83.7 Å². The highest BCUT2D eigenvalue weighted by Gasteiger charge is 2.15. The van der Waals surface area contributed by atoms with Gasteiger partial charge in [0.05, 0.1) is 7.11 Å². The van der Waals surface area contributed by atoms with Crippen molar-refractivity contribution < 1.29 is 18.9 Å². The van der Waals surface area contributed by atoms with Crippen molar-refractivity contribution >= 4 is 17.5 Å². The van der Waals surface area contributed by atoms with Gasteiger partial charge in [-0.2, -0.15) is 4.57 Å². The molecule has 7 nitrogen and oxygen atoms in total. The van der Waals surface area contributed by atoms with Crippen molar-refractivity contribution in [3.8, 4) is 5.75 Å². The number of rotatable bonds is 5. The first-order valence-electron chi connectivity index (χ1n) is 7.42. The number of carbonyl (C=O) groups is 2. The number of carbonyl (C=O) groups excluding carboxylic acids is 2. The summed E-state index contributed by atoms with van der Waals surface area (Å²) < 4.78 is 6.87. The van der Waals surface area contributed by atoms with Crippen LogP contribution >= 0.6 is 0 Å². The van der Waals surface area contributed by atoms with E-state index in [9.17, 15) is 9.59 Å². The number of nitrogens with one attached hydrogen (secondary N) is 2. The van der Waals surface area contributed by atoms with Crippen LogP contribution in [0.5, 0.6) is 5.75 Å². The molecule has 1 aromatic carbocycles. The molecule has 2 aromatic rings. The number of amidine groups is 1. The van der Waals surface area contributed by atoms with E-state index in [0.29, 0.717) is 11.4 Å². The Morgan fingerprint density at radius 1 is 1.17 bits per heavy atom. The van der Waals surface area contributed by atoms with Crippen LogP contribution in [-0.2, 0) is 11.3 Å². The van der Waals surface area contributed by atoms with Crippen LogP contribution in [0.25, 0.3) is 0 Å². The molecule has 24 heavy (non-hydrogen) atoms. The fourth-order valence-corrected chi connectivity index (χ4v) is 2.28. The van der Waals surface area contributed by atoms with Crippen molar-refractivity contribution in [1.82, 2.24) is 10.9 Å². The molecule has 0 spiro atoms. The minimum absolute atomic E-state index is 0.01000. The molecule has 2 heterocycles. The van der Waals surface area contributed by atoms with Crippen LogP contribution in [0.1, 0.15) is 15.9 Å². The van der Waals surface area contributed by atoms with Gasteiger partial charge >= 0.3 is 0 Å². The van der Waals surface area contributed by atoms with Gasteiger partial charge in [0, 0.05) is 23.3 Å². The lowest BCUT2D eigenvalue weighted by Gasteiger charge is -2.14. The second-order valence-corrected chi connectivity index (χ2v) is 5.25. The molecule has 0 bridgehead atoms. The Hall–Kier alpha value is -3.22. The van der Waals surface area contributed by atoms with Crippen LogP contribution in [0.3, 0.4) is 0 Å². The maximum absolute atomic E-state index is 12.3. The van der Waals surface area contributed by atoms with E-state index in [4.69, 9.17) is 4.74 Å². The molecular formula is C17H17N4O3+. The molecule has 1 aliphatic rings. The highest BCUT2D eigenvalue weighted by atomic mass is 16.5. The highest BCUT2D eigenvalue weighted by molar-refractivity contribution is 6.02. The molecule has 1 aliphatic heterocycles. The third-order valence-corrected chi connectivity index (χ3v) is 3.60. The molecule has 1 amide bonds. The van der Waals surface area contributed by atoms with Crippen molar-refractivity contribution in [3.63, 3.8) is 0 Å². The maximum atomic E-state index is 12.3. The Morgan fingerprint density at radius 3 is 2.46 bits per heavy atom. The molecular weight excluding hydrogens is 308 g/mol. The lowest BCUT2D eigenvalue weighted by atomic mass is 10.1. The van der Waals surface area contributed by atoms with Gasteiger partial charge in [0.25, 0.3) is 5.91 Å². The third-order valence-electron chi connectivity index (χ3n) is 3.60. The average molecular weight is 325 g/mol. The minimum atomic E-state index is -0.171. The molecule has 0 fully saturated rings. The van der Waals surface area contributed by atoms with E-state index in [2.05, 4.69) is 15.8 Å². The molecule has 2 N–H and O–H groups in total. The standard InChI is InChI=1S/C17H16N4O3/c1-24-14-4-2-12(3-5-14)15(22)11-21-8-6-13(7-9-21)17-18-10-16(23)19-20-17/h2-9,18H,10-11H2,1H3/p+1. The second-order valence-electron chi connectivity index (χ2n) is 5.25. The van der Waals surface area contributed by atoms with Gasteiger partial charge < -0.3 is 4.74 Å². The number of Topliss-reactive ketones (excluding diaryl/α,β-unsaturated/α-hetero) is 1. The number of methoxy groups -OCH3 is 1. The van der Waals surface area contributed by atoms with Crippen LogP contribution < -0.4 is 20.2 Å². The van der Waals surface area contributed by atoms with Gasteiger partial charge in [0.2, 0.25) is 12.3 Å². The Bertz CT molecular complexity index is 782. The molecule has 0 saturated carbocycles. The molecule has 7 heteroatoms. The van der Waals surface area contributed by atoms with E-state index >= 15 is 0 Å². The van der Waals surface area contributed by atoms with Crippen molar-refractivity contribution in [2.24, 2.45) is 4.99 Å². The summed E-state index contributed by atoms with van der Waals surface area (Å²) in [6.45, 7) is 0.344. The summed E-state index contributed by atoms with van der Waals surface area (Å²) in [7, 11) is 1.59. The summed E-state index contributed by atoms with van der Waals surface area (Å²) in [5, 5.41) is 0. The van der Waals surface area contributed by atoms with Gasteiger partial charge in [-0.25, -0.2) is 0 Å². The van der Waals surface area contributed by atoms with E-state index in [-0.39, 0.29) is 24.8 Å². The zero-order valence-electron chi connectivity index (χ0n) is 13.2. The number of ether oxygens (including phenoxy) is 1. The lowest BCUT2D eigenvalue weighted by Crippen LogP contribution is -2.47. The zero-order valence-corrected chi connectivity index (χ0v) is 13.2. The molecule has 0 aliphatic carbocycles. The van der Waals surface area contributed by atoms with Gasteiger partial charge in [0.15, 0.2) is 12.4 Å². The van der Waals surface area contributed by atoms with E-state index in [1.165, 1.54) is 0 Å². The number of pyridine rings is 1. The summed E-state index contributed by atoms with van der Waals surface area (Å²) in [5.74, 6) is 1.16. The molecule has 0 atom stereocenters. The predicted octanol–water partition coefficient (Wildman–Crippen LogP) is 0.247. The highest BCUT2D eigenvalue weighted by Crippen LogP contribution is 2.11. The summed E-state index contributed by atoms with van der Waals surface area (Å²) in [6.07, 6.45) is 3.61. The molecule has 1 aromatic heterocycles. The number of aromatic nitrogens is 1. The van der Waals surface area contributed by atoms with E-state index in [0.717, 1.165) is 11.3 Å². The fraction of sp³-hybridized carbons (Fsp3) is 0.176. The quantitative estimate of drug-likeness (QED) is 0.610. The first-order chi connectivity index (χ1) is 11.7. The minimum Gasteiger partial charge on any atom is -0.497 e. The van der Waals surface area contributed by atoms with Crippen LogP contribution in [0.4, 0.5) is 0 Å². The normalized spacial score (nSPS) is 13.5. The Morgan fingerprint density at radius 2 is 1.88 bits per heavy atom. The molecule has 0 saturated heterocycles. The largest absolute Gasteiger partial charge is 0.497 e. The number of ketones is 1. The van der Waals surface area contributed by atoms with Gasteiger partial charge in [-0.15, -0.1) is 0 Å². The average Bonchev–Trinajstić information content (AvgIpc) is 2.63. The van der Waals surface area contributed by atoms with Crippen LogP contribution in [-0.4, -0.2) is 31.2 Å². The fourth-order valence-electron chi connectivity index (χ4n) is 2.28. The van der Waals surface area contributed by atoms with E-state index in [1.54, 1.807) is 48.3 Å². The van der Waals surface area contributed by atoms with E-state index < -0.39 is 0 Å². The molecule has 122 valence electrons. The van der Waals surface area contributed by atoms with E-state index in [1.807, 2.05) is 12.1 Å². The summed E-state index contributed by atoms with van der Waals surface area (Å²) in [5.41, 5.74) is 6.73. The van der Waals surface area contributed by atoms with Crippen LogP contribution in [0.15, 0.2) is 53.8 Å². The van der Waals surface area contributed by atoms with Crippen LogP contribution in [0, 0.1) is 0 Å². The van der Waals surface area contributed by atoms with Gasteiger partial charge in [-0.3, -0.25) is 25.4 Å². The smallest absolute Gasteiger partial charge is 0.260 e. The summed E-state index contributed by atoms with van der Waals surface area (Å²) in [4.78, 5) is 27.5. The number of hydrogen-bond donors (Lipinski definition) is 2. The number of aliphatic imine (C=N–C) groups is 1. The number of hydrazine groups is 1. The lowest BCUT2D eigenvalue weighted by molar-refractivity contribution is -0.683. The van der Waals surface area contributed by atoms with Crippen molar-refractivity contribution in [1.29, 1.82) is 0 Å². The van der Waals surface area contributed by atoms with Crippen molar-refractivity contribution in [2.75, 3.05) is 13.7 Å². The SMILES string of the molecule is COc1ccc(C(=O)C[n+]2ccc(C3=NCC(=O)NN3)cc2)cc1. The first-order valence-corrected chi connectivity index (χ1v) is 7.42. The number of nitrogens with zero attached hydrogens (tertiary/aromatic N) is 2. The molecule has 0 radical (unpaired) electrons. The van der Waals surface area contributed by atoms with Crippen molar-refractivity contribution in [3.05, 3.63) is 59.9 Å².